The molecule has 0 amide bonds. The molecule has 1 saturated carbocycles. The van der Waals surface area contributed by atoms with Gasteiger partial charge < -0.3 is 24.3 Å². The van der Waals surface area contributed by atoms with Gasteiger partial charge in [0.1, 0.15) is 5.75 Å². The minimum Gasteiger partial charge on any atom is -0.497 e. The number of methoxy groups -OCH3 is 3. The molecule has 30 heavy (non-hydrogen) atoms. The van der Waals surface area contributed by atoms with Gasteiger partial charge in [-0.25, -0.2) is 0 Å². The van der Waals surface area contributed by atoms with Gasteiger partial charge in [-0.1, -0.05) is 11.6 Å². The van der Waals surface area contributed by atoms with Gasteiger partial charge in [-0.2, -0.15) is 0 Å². The highest BCUT2D eigenvalue weighted by Crippen LogP contribution is 2.52. The molecular formula is C24H31NO5. The standard InChI is InChI=1S/C24H31NO5/c1-5-13-8-17-18(10-15(13)20(12-26)24(27)30-4)23-19(11-22(17)29-3)16-9-14(28-2)6-7-21(16)25-23/h5-7,9,15,17-18,20,22,25-26H,8,10-12H2,1-4H3/t15-,17-,18-,20-,22-/m0/s1. The molecule has 1 fully saturated rings. The lowest BCUT2D eigenvalue weighted by molar-refractivity contribution is -0.149. The lowest BCUT2D eigenvalue weighted by Crippen LogP contribution is -2.43. The molecule has 6 heteroatoms. The number of H-pyrrole nitrogens is 1. The van der Waals surface area contributed by atoms with Gasteiger partial charge in [0.05, 0.1) is 32.8 Å². The average molecular weight is 414 g/mol. The Morgan fingerprint density at radius 2 is 2.10 bits per heavy atom. The maximum absolute atomic E-state index is 12.4. The molecule has 1 aromatic carbocycles. The first-order chi connectivity index (χ1) is 14.6. The van der Waals surface area contributed by atoms with Gasteiger partial charge in [0, 0.05) is 36.0 Å². The summed E-state index contributed by atoms with van der Waals surface area (Å²) in [6.07, 6.45) is 4.69. The number of aliphatic hydroxyl groups excluding tert-OH is 1. The number of carbonyl (C=O) groups excluding carboxylic acids is 1. The second-order valence-electron chi connectivity index (χ2n) is 8.40. The highest BCUT2D eigenvalue weighted by molar-refractivity contribution is 5.86. The maximum atomic E-state index is 12.4. The number of esters is 1. The number of hydrogen-bond donors (Lipinski definition) is 2. The Balaban J connectivity index is 1.79. The van der Waals surface area contributed by atoms with Crippen molar-refractivity contribution in [2.45, 2.75) is 38.2 Å². The monoisotopic (exact) mass is 413 g/mol. The van der Waals surface area contributed by atoms with Crippen LogP contribution >= 0.6 is 0 Å². The molecule has 1 aromatic heterocycles. The molecule has 0 saturated heterocycles. The largest absolute Gasteiger partial charge is 0.497 e. The summed E-state index contributed by atoms with van der Waals surface area (Å²) in [5.74, 6) is 0.461. The third-order valence-electron chi connectivity index (χ3n) is 7.23. The zero-order chi connectivity index (χ0) is 21.4. The summed E-state index contributed by atoms with van der Waals surface area (Å²) in [6, 6.07) is 6.11. The summed E-state index contributed by atoms with van der Waals surface area (Å²) in [4.78, 5) is 16.0. The second kappa shape index (κ2) is 8.44. The van der Waals surface area contributed by atoms with Gasteiger partial charge >= 0.3 is 5.97 Å². The van der Waals surface area contributed by atoms with E-state index in [1.807, 2.05) is 13.0 Å². The molecule has 2 aromatic rings. The SMILES string of the molecule is CC=C1C[C@@H]2[C@@H](OC)Cc3c([nH]c4ccc(OC)cc34)[C@H]2C[C@@H]1[C@H](CO)C(=O)OC. The molecule has 0 bridgehead atoms. The number of aromatic amines is 1. The van der Waals surface area contributed by atoms with Gasteiger partial charge in [0.15, 0.2) is 0 Å². The van der Waals surface area contributed by atoms with Crippen LogP contribution in [0.25, 0.3) is 10.9 Å². The summed E-state index contributed by atoms with van der Waals surface area (Å²) in [7, 11) is 4.85. The Labute approximate surface area is 177 Å². The van der Waals surface area contributed by atoms with E-state index in [1.165, 1.54) is 29.3 Å². The summed E-state index contributed by atoms with van der Waals surface area (Å²) in [5.41, 5.74) is 4.82. The molecule has 5 atom stereocenters. The lowest BCUT2D eigenvalue weighted by Gasteiger charge is -2.45. The van der Waals surface area contributed by atoms with E-state index < -0.39 is 5.92 Å². The van der Waals surface area contributed by atoms with Crippen LogP contribution in [-0.2, 0) is 20.7 Å². The van der Waals surface area contributed by atoms with Gasteiger partial charge in [-0.15, -0.1) is 0 Å². The summed E-state index contributed by atoms with van der Waals surface area (Å²) in [5, 5.41) is 11.2. The van der Waals surface area contributed by atoms with Crippen LogP contribution in [-0.4, -0.2) is 50.1 Å². The van der Waals surface area contributed by atoms with Crippen LogP contribution in [0.5, 0.6) is 5.75 Å². The Morgan fingerprint density at radius 3 is 2.73 bits per heavy atom. The van der Waals surface area contributed by atoms with Crippen molar-refractivity contribution in [2.24, 2.45) is 17.8 Å². The normalized spacial score (nSPS) is 28.1. The first-order valence-corrected chi connectivity index (χ1v) is 10.6. The van der Waals surface area contributed by atoms with Crippen molar-refractivity contribution >= 4 is 16.9 Å². The van der Waals surface area contributed by atoms with Crippen molar-refractivity contribution in [3.63, 3.8) is 0 Å². The van der Waals surface area contributed by atoms with E-state index in [2.05, 4.69) is 23.2 Å². The summed E-state index contributed by atoms with van der Waals surface area (Å²) in [6.45, 7) is 1.80. The van der Waals surface area contributed by atoms with E-state index in [9.17, 15) is 9.90 Å². The number of benzene rings is 1. The molecule has 1 heterocycles. The molecule has 0 spiro atoms. The smallest absolute Gasteiger partial charge is 0.311 e. The van der Waals surface area contributed by atoms with E-state index in [0.717, 1.165) is 30.5 Å². The molecule has 0 radical (unpaired) electrons. The predicted octanol–water partition coefficient (Wildman–Crippen LogP) is 3.59. The molecule has 2 N–H and O–H groups in total. The number of ether oxygens (including phenoxy) is 3. The minimum atomic E-state index is -0.544. The Kier molecular flexibility index (Phi) is 5.89. The number of rotatable bonds is 5. The zero-order valence-corrected chi connectivity index (χ0v) is 18.1. The molecule has 4 rings (SSSR count). The Morgan fingerprint density at radius 1 is 1.30 bits per heavy atom. The van der Waals surface area contributed by atoms with Gasteiger partial charge in [-0.3, -0.25) is 4.79 Å². The predicted molar refractivity (Wildman–Crippen MR) is 115 cm³/mol. The van der Waals surface area contributed by atoms with Crippen molar-refractivity contribution < 1.29 is 24.1 Å². The Hall–Kier alpha value is -2.31. The third kappa shape index (κ3) is 3.32. The molecule has 162 valence electrons. The fourth-order valence-electron chi connectivity index (χ4n) is 5.68. The number of carbonyl (C=O) groups is 1. The van der Waals surface area contributed by atoms with Crippen LogP contribution in [0.1, 0.15) is 36.9 Å². The molecule has 2 aliphatic rings. The van der Waals surface area contributed by atoms with Crippen LogP contribution in [0.4, 0.5) is 0 Å². The number of allylic oxidation sites excluding steroid dienone is 2. The highest BCUT2D eigenvalue weighted by atomic mass is 16.5. The first kappa shape index (κ1) is 20.9. The first-order valence-electron chi connectivity index (χ1n) is 10.6. The van der Waals surface area contributed by atoms with Crippen LogP contribution in [0.3, 0.4) is 0 Å². The van der Waals surface area contributed by atoms with Crippen molar-refractivity contribution in [1.82, 2.24) is 4.98 Å². The number of nitrogens with one attached hydrogen (secondary N) is 1. The second-order valence-corrected chi connectivity index (χ2v) is 8.40. The van der Waals surface area contributed by atoms with Crippen LogP contribution in [0.15, 0.2) is 29.8 Å². The van der Waals surface area contributed by atoms with E-state index in [1.54, 1.807) is 14.2 Å². The number of aromatic nitrogens is 1. The maximum Gasteiger partial charge on any atom is 0.311 e. The number of aliphatic hydroxyl groups is 1. The summed E-state index contributed by atoms with van der Waals surface area (Å²) >= 11 is 0. The topological polar surface area (TPSA) is 80.8 Å². The zero-order valence-electron chi connectivity index (χ0n) is 18.1. The molecule has 2 aliphatic carbocycles. The van der Waals surface area contributed by atoms with E-state index in [4.69, 9.17) is 14.2 Å². The van der Waals surface area contributed by atoms with E-state index in [0.29, 0.717) is 5.92 Å². The van der Waals surface area contributed by atoms with Crippen LogP contribution in [0.2, 0.25) is 0 Å². The minimum absolute atomic E-state index is 0.0434. The summed E-state index contributed by atoms with van der Waals surface area (Å²) < 4.78 is 16.4. The number of hydrogen-bond acceptors (Lipinski definition) is 5. The van der Waals surface area contributed by atoms with Crippen molar-refractivity contribution in [3.8, 4) is 5.75 Å². The Bertz CT molecular complexity index is 962. The molecule has 6 nitrogen and oxygen atoms in total. The van der Waals surface area contributed by atoms with Crippen LogP contribution < -0.4 is 4.74 Å². The molecule has 0 unspecified atom stereocenters. The van der Waals surface area contributed by atoms with Crippen molar-refractivity contribution in [2.75, 3.05) is 27.9 Å². The average Bonchev–Trinajstić information content (AvgIpc) is 3.15. The number of fused-ring (bicyclic) bond motifs is 5. The van der Waals surface area contributed by atoms with E-state index in [-0.39, 0.29) is 30.5 Å². The fraction of sp³-hybridized carbons (Fsp3) is 0.542. The lowest BCUT2D eigenvalue weighted by atomic mass is 9.61. The van der Waals surface area contributed by atoms with Crippen molar-refractivity contribution in [3.05, 3.63) is 41.1 Å². The molecule has 0 aliphatic heterocycles. The van der Waals surface area contributed by atoms with Gasteiger partial charge in [0.2, 0.25) is 0 Å². The fourth-order valence-corrected chi connectivity index (χ4v) is 5.68. The quantitative estimate of drug-likeness (QED) is 0.578. The van der Waals surface area contributed by atoms with E-state index >= 15 is 0 Å². The third-order valence-corrected chi connectivity index (χ3v) is 7.23. The van der Waals surface area contributed by atoms with Gasteiger partial charge in [0.25, 0.3) is 0 Å². The van der Waals surface area contributed by atoms with Gasteiger partial charge in [-0.05, 0) is 55.4 Å². The molecular weight excluding hydrogens is 382 g/mol. The van der Waals surface area contributed by atoms with Crippen molar-refractivity contribution in [1.29, 1.82) is 0 Å². The van der Waals surface area contributed by atoms with Crippen LogP contribution in [0, 0.1) is 17.8 Å². The highest BCUT2D eigenvalue weighted by Gasteiger charge is 2.46.